The van der Waals surface area contributed by atoms with E-state index in [0.717, 1.165) is 23.1 Å². The molecule has 1 fully saturated rings. The van der Waals surface area contributed by atoms with Crippen molar-refractivity contribution in [3.8, 4) is 11.3 Å². The molecule has 1 amide bonds. The lowest BCUT2D eigenvalue weighted by Gasteiger charge is -2.39. The van der Waals surface area contributed by atoms with Crippen LogP contribution in [0.2, 0.25) is 0 Å². The normalized spacial score (nSPS) is 14.2. The van der Waals surface area contributed by atoms with Gasteiger partial charge in [0.25, 0.3) is 5.56 Å². The maximum absolute atomic E-state index is 13.1. The highest BCUT2D eigenvalue weighted by atomic mass is 79.9. The molecule has 1 aromatic heterocycles. The zero-order valence-electron chi connectivity index (χ0n) is 19.8. The van der Waals surface area contributed by atoms with Gasteiger partial charge in [0.15, 0.2) is 0 Å². The first-order valence-corrected chi connectivity index (χ1v) is 12.8. The number of benzene rings is 3. The largest absolute Gasteiger partial charge is 0.339 e. The van der Waals surface area contributed by atoms with Crippen molar-refractivity contribution < 1.29 is 4.79 Å². The predicted octanol–water partition coefficient (Wildman–Crippen LogP) is 4.61. The minimum Gasteiger partial charge on any atom is -0.339 e. The van der Waals surface area contributed by atoms with Crippen LogP contribution in [0.3, 0.4) is 0 Å². The summed E-state index contributed by atoms with van der Waals surface area (Å²) in [5, 5.41) is 4.46. The summed E-state index contributed by atoms with van der Waals surface area (Å²) in [5.41, 5.74) is 3.75. The van der Waals surface area contributed by atoms with Gasteiger partial charge in [-0.05, 0) is 29.3 Å². The van der Waals surface area contributed by atoms with Crippen molar-refractivity contribution in [3.05, 3.63) is 123 Å². The Morgan fingerprint density at radius 3 is 1.94 bits per heavy atom. The molecule has 0 aliphatic carbocycles. The van der Waals surface area contributed by atoms with Crippen molar-refractivity contribution in [1.82, 2.24) is 19.6 Å². The van der Waals surface area contributed by atoms with E-state index in [2.05, 4.69) is 74.5 Å². The smallest absolute Gasteiger partial charge is 0.267 e. The standard InChI is InChI=1S/C29H27BrN4O2/c30-25-13-11-22(12-14-25)26-15-16-27(35)34(31-26)21-28(36)32-17-19-33(20-18-32)29(23-7-3-1-4-8-23)24-9-5-2-6-10-24/h1-16,29H,17-21H2. The fraction of sp³-hybridized carbons (Fsp3) is 0.207. The van der Waals surface area contributed by atoms with E-state index in [9.17, 15) is 9.59 Å². The van der Waals surface area contributed by atoms with E-state index in [1.54, 1.807) is 6.07 Å². The lowest BCUT2D eigenvalue weighted by Crippen LogP contribution is -2.51. The van der Waals surface area contributed by atoms with Crippen molar-refractivity contribution in [2.24, 2.45) is 0 Å². The molecule has 0 spiro atoms. The maximum atomic E-state index is 13.1. The first-order valence-electron chi connectivity index (χ1n) is 12.0. The summed E-state index contributed by atoms with van der Waals surface area (Å²) in [6.45, 7) is 2.65. The van der Waals surface area contributed by atoms with Crippen LogP contribution in [0.1, 0.15) is 17.2 Å². The zero-order valence-corrected chi connectivity index (χ0v) is 21.4. The summed E-state index contributed by atoms with van der Waals surface area (Å²) in [6, 6.07) is 32.0. The van der Waals surface area contributed by atoms with Crippen LogP contribution in [0.15, 0.2) is 106 Å². The molecule has 2 heterocycles. The molecule has 6 nitrogen and oxygen atoms in total. The number of carbonyl (C=O) groups is 1. The van der Waals surface area contributed by atoms with Crippen LogP contribution in [-0.2, 0) is 11.3 Å². The first-order chi connectivity index (χ1) is 17.6. The van der Waals surface area contributed by atoms with Crippen LogP contribution >= 0.6 is 15.9 Å². The van der Waals surface area contributed by atoms with Crippen LogP contribution < -0.4 is 5.56 Å². The highest BCUT2D eigenvalue weighted by molar-refractivity contribution is 9.10. The second-order valence-corrected chi connectivity index (χ2v) is 9.78. The molecule has 36 heavy (non-hydrogen) atoms. The average molecular weight is 543 g/mol. The lowest BCUT2D eigenvalue weighted by molar-refractivity contribution is -0.134. The summed E-state index contributed by atoms with van der Waals surface area (Å²) < 4.78 is 2.23. The van der Waals surface area contributed by atoms with E-state index in [1.807, 2.05) is 41.3 Å². The SMILES string of the molecule is O=C(Cn1nc(-c2ccc(Br)cc2)ccc1=O)N1CCN(C(c2ccccc2)c2ccccc2)CC1. The van der Waals surface area contributed by atoms with Crippen molar-refractivity contribution in [1.29, 1.82) is 0 Å². The van der Waals surface area contributed by atoms with Gasteiger partial charge in [0.2, 0.25) is 5.91 Å². The third-order valence-corrected chi connectivity index (χ3v) is 7.08. The van der Waals surface area contributed by atoms with Crippen molar-refractivity contribution in [2.45, 2.75) is 12.6 Å². The first kappa shape index (κ1) is 24.2. The van der Waals surface area contributed by atoms with Gasteiger partial charge in [-0.25, -0.2) is 4.68 Å². The summed E-state index contributed by atoms with van der Waals surface area (Å²) in [4.78, 5) is 29.8. The Morgan fingerprint density at radius 1 is 0.778 bits per heavy atom. The van der Waals surface area contributed by atoms with E-state index >= 15 is 0 Å². The van der Waals surface area contributed by atoms with Gasteiger partial charge in [0.1, 0.15) is 6.54 Å². The number of carbonyl (C=O) groups excluding carboxylic acids is 1. The Hall–Kier alpha value is -3.55. The van der Waals surface area contributed by atoms with Gasteiger partial charge in [-0.1, -0.05) is 88.7 Å². The van der Waals surface area contributed by atoms with E-state index in [4.69, 9.17) is 0 Å². The second-order valence-electron chi connectivity index (χ2n) is 8.86. The number of nitrogens with zero attached hydrogens (tertiary/aromatic N) is 4. The molecular weight excluding hydrogens is 516 g/mol. The minimum absolute atomic E-state index is 0.0655. The van der Waals surface area contributed by atoms with Gasteiger partial charge < -0.3 is 4.90 Å². The van der Waals surface area contributed by atoms with Crippen molar-refractivity contribution in [3.63, 3.8) is 0 Å². The maximum Gasteiger partial charge on any atom is 0.267 e. The number of piperazine rings is 1. The summed E-state index contributed by atoms with van der Waals surface area (Å²) >= 11 is 3.43. The summed E-state index contributed by atoms with van der Waals surface area (Å²) in [6.07, 6.45) is 0. The summed E-state index contributed by atoms with van der Waals surface area (Å²) in [7, 11) is 0. The Morgan fingerprint density at radius 2 is 1.36 bits per heavy atom. The summed E-state index contributed by atoms with van der Waals surface area (Å²) in [5.74, 6) is -0.0896. The Balaban J connectivity index is 1.28. The number of amides is 1. The van der Waals surface area contributed by atoms with Crippen LogP contribution in [-0.4, -0.2) is 51.7 Å². The number of hydrogen-bond acceptors (Lipinski definition) is 4. The molecule has 0 atom stereocenters. The highest BCUT2D eigenvalue weighted by Crippen LogP contribution is 2.29. The lowest BCUT2D eigenvalue weighted by atomic mass is 9.96. The van der Waals surface area contributed by atoms with Gasteiger partial charge in [0.05, 0.1) is 11.7 Å². The molecule has 1 saturated heterocycles. The van der Waals surface area contributed by atoms with E-state index in [0.29, 0.717) is 18.8 Å². The van der Waals surface area contributed by atoms with Gasteiger partial charge in [0, 0.05) is 42.3 Å². The van der Waals surface area contributed by atoms with Crippen LogP contribution in [0.5, 0.6) is 0 Å². The molecular formula is C29H27BrN4O2. The topological polar surface area (TPSA) is 58.4 Å². The highest BCUT2D eigenvalue weighted by Gasteiger charge is 2.28. The van der Waals surface area contributed by atoms with Gasteiger partial charge in [-0.3, -0.25) is 14.5 Å². The van der Waals surface area contributed by atoms with Crippen LogP contribution in [0.4, 0.5) is 0 Å². The third-order valence-electron chi connectivity index (χ3n) is 6.55. The van der Waals surface area contributed by atoms with Crippen molar-refractivity contribution >= 4 is 21.8 Å². The zero-order chi connectivity index (χ0) is 24.9. The van der Waals surface area contributed by atoms with Crippen LogP contribution in [0, 0.1) is 0 Å². The fourth-order valence-electron chi connectivity index (χ4n) is 4.68. The fourth-order valence-corrected chi connectivity index (χ4v) is 4.94. The van der Waals surface area contributed by atoms with E-state index in [1.165, 1.54) is 21.9 Å². The number of hydrogen-bond donors (Lipinski definition) is 0. The van der Waals surface area contributed by atoms with Gasteiger partial charge in [-0.2, -0.15) is 5.10 Å². The molecule has 1 aliphatic rings. The van der Waals surface area contributed by atoms with E-state index in [-0.39, 0.29) is 24.1 Å². The Bertz CT molecular complexity index is 1330. The number of aromatic nitrogens is 2. The monoisotopic (exact) mass is 542 g/mol. The molecule has 0 radical (unpaired) electrons. The average Bonchev–Trinajstić information content (AvgIpc) is 2.92. The molecule has 0 saturated carbocycles. The van der Waals surface area contributed by atoms with Gasteiger partial charge in [-0.15, -0.1) is 0 Å². The van der Waals surface area contributed by atoms with E-state index < -0.39 is 0 Å². The van der Waals surface area contributed by atoms with Gasteiger partial charge >= 0.3 is 0 Å². The molecule has 1 aliphatic heterocycles. The van der Waals surface area contributed by atoms with Crippen molar-refractivity contribution in [2.75, 3.05) is 26.2 Å². The Kier molecular flexibility index (Phi) is 7.39. The molecule has 5 rings (SSSR count). The quantitative estimate of drug-likeness (QED) is 0.357. The minimum atomic E-state index is -0.281. The molecule has 4 aromatic rings. The third kappa shape index (κ3) is 5.48. The molecule has 0 bridgehead atoms. The Labute approximate surface area is 218 Å². The number of rotatable bonds is 6. The molecule has 182 valence electrons. The number of halogens is 1. The molecule has 0 N–H and O–H groups in total. The molecule has 0 unspecified atom stereocenters. The van der Waals surface area contributed by atoms with Crippen LogP contribution in [0.25, 0.3) is 11.3 Å². The predicted molar refractivity (Wildman–Crippen MR) is 145 cm³/mol. The molecule has 7 heteroatoms. The second kappa shape index (κ2) is 11.0. The molecule has 3 aromatic carbocycles.